The van der Waals surface area contributed by atoms with Gasteiger partial charge in [-0.3, -0.25) is 4.84 Å². The van der Waals surface area contributed by atoms with Gasteiger partial charge in [0.2, 0.25) is 5.96 Å². The molecule has 0 saturated carbocycles. The highest BCUT2D eigenvalue weighted by Crippen LogP contribution is 2.26. The predicted molar refractivity (Wildman–Crippen MR) is 98.2 cm³/mol. The molecular weight excluding hydrogens is 298 g/mol. The van der Waals surface area contributed by atoms with Crippen LogP contribution in [0, 0.1) is 0 Å². The average molecular weight is 323 g/mol. The van der Waals surface area contributed by atoms with E-state index in [0.29, 0.717) is 6.61 Å². The zero-order chi connectivity index (χ0) is 16.8. The SMILES string of the molecule is CCc1cccc(CC)c1/N=C1\NCCN1OCc1ccccc1. The monoisotopic (exact) mass is 323 g/mol. The van der Waals surface area contributed by atoms with Crippen molar-refractivity contribution < 1.29 is 4.84 Å². The van der Waals surface area contributed by atoms with E-state index in [2.05, 4.69) is 49.5 Å². The van der Waals surface area contributed by atoms with Crippen molar-refractivity contribution >= 4 is 11.6 Å². The molecule has 0 aromatic heterocycles. The lowest BCUT2D eigenvalue weighted by molar-refractivity contribution is -0.102. The molecule has 1 saturated heterocycles. The number of hydrogen-bond acceptors (Lipinski definition) is 2. The van der Waals surface area contributed by atoms with Crippen LogP contribution in [0.4, 0.5) is 5.69 Å². The van der Waals surface area contributed by atoms with Gasteiger partial charge in [0.15, 0.2) is 0 Å². The number of rotatable bonds is 6. The predicted octanol–water partition coefficient (Wildman–Crippen LogP) is 3.84. The van der Waals surface area contributed by atoms with E-state index in [1.165, 1.54) is 11.1 Å². The Balaban J connectivity index is 1.79. The van der Waals surface area contributed by atoms with Crippen molar-refractivity contribution in [2.45, 2.75) is 33.3 Å². The van der Waals surface area contributed by atoms with Crippen LogP contribution in [0.25, 0.3) is 0 Å². The van der Waals surface area contributed by atoms with Gasteiger partial charge in [0, 0.05) is 6.54 Å². The first-order valence-corrected chi connectivity index (χ1v) is 8.69. The fourth-order valence-corrected chi connectivity index (χ4v) is 2.88. The number of hydroxylamine groups is 2. The summed E-state index contributed by atoms with van der Waals surface area (Å²) >= 11 is 0. The lowest BCUT2D eigenvalue weighted by atomic mass is 10.0. The van der Waals surface area contributed by atoms with Crippen LogP contribution >= 0.6 is 0 Å². The Labute approximate surface area is 144 Å². The summed E-state index contributed by atoms with van der Waals surface area (Å²) in [7, 11) is 0. The molecule has 0 amide bonds. The normalized spacial score (nSPS) is 15.8. The Kier molecular flexibility index (Phi) is 5.49. The van der Waals surface area contributed by atoms with Crippen molar-refractivity contribution in [1.29, 1.82) is 0 Å². The third kappa shape index (κ3) is 3.77. The molecule has 126 valence electrons. The molecule has 0 atom stereocenters. The highest BCUT2D eigenvalue weighted by atomic mass is 16.7. The molecule has 0 spiro atoms. The Bertz CT molecular complexity index is 675. The molecule has 4 heteroatoms. The summed E-state index contributed by atoms with van der Waals surface area (Å²) in [6.45, 7) is 6.55. The second-order valence-electron chi connectivity index (χ2n) is 5.86. The van der Waals surface area contributed by atoms with E-state index in [-0.39, 0.29) is 0 Å². The van der Waals surface area contributed by atoms with Crippen molar-refractivity contribution in [3.05, 3.63) is 65.2 Å². The molecule has 1 aliphatic heterocycles. The van der Waals surface area contributed by atoms with E-state index in [0.717, 1.165) is 43.1 Å². The number of guanidine groups is 1. The standard InChI is InChI=1S/C20H25N3O/c1-3-17-11-8-12-18(4-2)19(17)22-20-21-13-14-23(20)24-15-16-9-6-5-7-10-16/h5-12H,3-4,13-15H2,1-2H3,(H,21,22). The van der Waals surface area contributed by atoms with Gasteiger partial charge in [-0.1, -0.05) is 62.4 Å². The topological polar surface area (TPSA) is 36.9 Å². The van der Waals surface area contributed by atoms with Gasteiger partial charge in [-0.15, -0.1) is 0 Å². The summed E-state index contributed by atoms with van der Waals surface area (Å²) in [6, 6.07) is 16.6. The van der Waals surface area contributed by atoms with Gasteiger partial charge in [0.1, 0.15) is 6.61 Å². The molecule has 2 aromatic carbocycles. The second-order valence-corrected chi connectivity index (χ2v) is 5.86. The number of nitrogens with zero attached hydrogens (tertiary/aromatic N) is 2. The molecule has 0 bridgehead atoms. The molecule has 24 heavy (non-hydrogen) atoms. The van der Waals surface area contributed by atoms with Crippen LogP contribution in [-0.4, -0.2) is 24.1 Å². The van der Waals surface area contributed by atoms with E-state index >= 15 is 0 Å². The molecule has 1 heterocycles. The van der Waals surface area contributed by atoms with Gasteiger partial charge >= 0.3 is 0 Å². The average Bonchev–Trinajstić information content (AvgIpc) is 3.08. The lowest BCUT2D eigenvalue weighted by Crippen LogP contribution is -2.30. The third-order valence-electron chi connectivity index (χ3n) is 4.25. The van der Waals surface area contributed by atoms with E-state index < -0.39 is 0 Å². The van der Waals surface area contributed by atoms with Gasteiger partial charge in [-0.2, -0.15) is 0 Å². The van der Waals surface area contributed by atoms with Crippen LogP contribution < -0.4 is 5.32 Å². The summed E-state index contributed by atoms with van der Waals surface area (Å²) in [5.74, 6) is 0.807. The second kappa shape index (κ2) is 7.97. The van der Waals surface area contributed by atoms with Crippen molar-refractivity contribution in [1.82, 2.24) is 10.4 Å². The van der Waals surface area contributed by atoms with E-state index in [4.69, 9.17) is 9.83 Å². The molecule has 0 unspecified atom stereocenters. The minimum Gasteiger partial charge on any atom is -0.352 e. The van der Waals surface area contributed by atoms with Crippen LogP contribution in [0.15, 0.2) is 53.5 Å². The summed E-state index contributed by atoms with van der Waals surface area (Å²) in [4.78, 5) is 10.9. The summed E-state index contributed by atoms with van der Waals surface area (Å²) in [5, 5.41) is 5.22. The van der Waals surface area contributed by atoms with Crippen LogP contribution in [0.1, 0.15) is 30.5 Å². The fourth-order valence-electron chi connectivity index (χ4n) is 2.88. The zero-order valence-electron chi connectivity index (χ0n) is 14.5. The number of hydrogen-bond donors (Lipinski definition) is 1. The van der Waals surface area contributed by atoms with Gasteiger partial charge in [0.25, 0.3) is 0 Å². The highest BCUT2D eigenvalue weighted by molar-refractivity contribution is 5.84. The van der Waals surface area contributed by atoms with Gasteiger partial charge in [-0.25, -0.2) is 10.1 Å². The molecule has 1 N–H and O–H groups in total. The maximum Gasteiger partial charge on any atom is 0.223 e. The Morgan fingerprint density at radius 3 is 2.38 bits per heavy atom. The summed E-state index contributed by atoms with van der Waals surface area (Å²) < 4.78 is 0. The van der Waals surface area contributed by atoms with Crippen molar-refractivity contribution in [2.24, 2.45) is 4.99 Å². The number of nitrogens with one attached hydrogen (secondary N) is 1. The van der Waals surface area contributed by atoms with Gasteiger partial charge in [-0.05, 0) is 29.5 Å². The molecule has 0 radical (unpaired) electrons. The van der Waals surface area contributed by atoms with Crippen LogP contribution in [0.3, 0.4) is 0 Å². The number of benzene rings is 2. The maximum absolute atomic E-state index is 5.96. The van der Waals surface area contributed by atoms with Crippen LogP contribution in [-0.2, 0) is 24.3 Å². The number of aliphatic imine (C=N–C) groups is 1. The van der Waals surface area contributed by atoms with Crippen LogP contribution in [0.2, 0.25) is 0 Å². The number of aryl methyl sites for hydroxylation is 2. The Hall–Kier alpha value is -2.33. The van der Waals surface area contributed by atoms with Gasteiger partial charge < -0.3 is 5.32 Å². The molecule has 1 aliphatic rings. The molecule has 4 nitrogen and oxygen atoms in total. The summed E-state index contributed by atoms with van der Waals surface area (Å²) in [6.07, 6.45) is 1.95. The molecule has 3 rings (SSSR count). The molecule has 2 aromatic rings. The molecule has 0 aliphatic carbocycles. The molecular formula is C20H25N3O. The first kappa shape index (κ1) is 16.5. The lowest BCUT2D eigenvalue weighted by Gasteiger charge is -2.18. The first-order chi connectivity index (χ1) is 11.8. The van der Waals surface area contributed by atoms with E-state index in [1.807, 2.05) is 23.3 Å². The van der Waals surface area contributed by atoms with E-state index in [1.54, 1.807) is 0 Å². The minimum absolute atomic E-state index is 0.553. The smallest absolute Gasteiger partial charge is 0.223 e. The van der Waals surface area contributed by atoms with Crippen molar-refractivity contribution in [3.8, 4) is 0 Å². The largest absolute Gasteiger partial charge is 0.352 e. The van der Waals surface area contributed by atoms with Gasteiger partial charge in [0.05, 0.1) is 12.2 Å². The minimum atomic E-state index is 0.553. The van der Waals surface area contributed by atoms with Crippen LogP contribution in [0.5, 0.6) is 0 Å². The quantitative estimate of drug-likeness (QED) is 0.877. The maximum atomic E-state index is 5.96. The first-order valence-electron chi connectivity index (χ1n) is 8.69. The Morgan fingerprint density at radius 1 is 1.00 bits per heavy atom. The summed E-state index contributed by atoms with van der Waals surface area (Å²) in [5.41, 5.74) is 4.80. The third-order valence-corrected chi connectivity index (χ3v) is 4.25. The molecule has 1 fully saturated rings. The highest BCUT2D eigenvalue weighted by Gasteiger charge is 2.20. The van der Waals surface area contributed by atoms with E-state index in [9.17, 15) is 0 Å². The fraction of sp³-hybridized carbons (Fsp3) is 0.350. The zero-order valence-corrected chi connectivity index (χ0v) is 14.5. The van der Waals surface area contributed by atoms with Crippen molar-refractivity contribution in [3.63, 3.8) is 0 Å². The Morgan fingerprint density at radius 2 is 1.71 bits per heavy atom. The van der Waals surface area contributed by atoms with Crippen molar-refractivity contribution in [2.75, 3.05) is 13.1 Å². The number of para-hydroxylation sites is 1.